The minimum Gasteiger partial charge on any atom is -0.461 e. The van der Waals surface area contributed by atoms with Gasteiger partial charge in [-0.1, -0.05) is 18.2 Å². The van der Waals surface area contributed by atoms with E-state index >= 15 is 0 Å². The number of aromatic nitrogens is 2. The Morgan fingerprint density at radius 3 is 2.28 bits per heavy atom. The van der Waals surface area contributed by atoms with Crippen molar-refractivity contribution in [2.24, 2.45) is 0 Å². The summed E-state index contributed by atoms with van der Waals surface area (Å²) in [5.41, 5.74) is -4.70. The van der Waals surface area contributed by atoms with Crippen molar-refractivity contribution < 1.29 is 35.9 Å². The van der Waals surface area contributed by atoms with Crippen LogP contribution >= 0.6 is 0 Å². The third-order valence-electron chi connectivity index (χ3n) is 4.04. The van der Waals surface area contributed by atoms with E-state index in [9.17, 15) is 31.1 Å². The Balaban J connectivity index is 2.48. The van der Waals surface area contributed by atoms with Gasteiger partial charge in [-0.2, -0.15) is 26.3 Å². The lowest BCUT2D eigenvalue weighted by Crippen LogP contribution is -2.16. The van der Waals surface area contributed by atoms with E-state index in [4.69, 9.17) is 4.74 Å². The molecule has 0 saturated heterocycles. The fourth-order valence-electron chi connectivity index (χ4n) is 2.90. The van der Waals surface area contributed by atoms with E-state index in [1.807, 2.05) is 0 Å². The summed E-state index contributed by atoms with van der Waals surface area (Å²) in [5.74, 6) is -0.803. The van der Waals surface area contributed by atoms with E-state index in [1.54, 1.807) is 0 Å². The number of benzene rings is 1. The molecule has 1 aromatic carbocycles. The van der Waals surface area contributed by atoms with Crippen LogP contribution in [0.4, 0.5) is 26.3 Å². The lowest BCUT2D eigenvalue weighted by atomic mass is 9.95. The monoisotopic (exact) mass is 414 g/mol. The van der Waals surface area contributed by atoms with Crippen LogP contribution in [-0.2, 0) is 28.5 Å². The third-order valence-corrected chi connectivity index (χ3v) is 4.04. The third kappa shape index (κ3) is 4.15. The molecule has 0 aliphatic carbocycles. The smallest absolute Gasteiger partial charge is 0.434 e. The molecule has 2 aromatic heterocycles. The average Bonchev–Trinajstić information content (AvgIpc) is 2.63. The van der Waals surface area contributed by atoms with Gasteiger partial charge >= 0.3 is 18.3 Å². The molecule has 0 spiro atoms. The molecule has 0 unspecified atom stereocenters. The summed E-state index contributed by atoms with van der Waals surface area (Å²) in [4.78, 5) is 18.5. The van der Waals surface area contributed by atoms with E-state index < -0.39 is 47.3 Å². The molecule has 0 saturated carbocycles. The van der Waals surface area contributed by atoms with Gasteiger partial charge in [-0.15, -0.1) is 0 Å². The number of ether oxygens (including phenoxy) is 1. The number of hydrogen-bond donors (Lipinski definition) is 0. The number of halogens is 6. The number of hydrogen-bond acceptors (Lipinski definition) is 4. The predicted octanol–water partition coefficient (Wildman–Crippen LogP) is 5.40. The highest BCUT2D eigenvalue weighted by atomic mass is 19.4. The van der Waals surface area contributed by atoms with Crippen LogP contribution in [0.1, 0.15) is 23.7 Å². The number of rotatable bonds is 3. The Hall–Kier alpha value is -3.17. The molecule has 3 rings (SSSR count). The van der Waals surface area contributed by atoms with Gasteiger partial charge in [-0.25, -0.2) is 4.98 Å². The van der Waals surface area contributed by atoms with Gasteiger partial charge in [-0.05, 0) is 18.2 Å². The van der Waals surface area contributed by atoms with E-state index in [0.29, 0.717) is 6.07 Å². The van der Waals surface area contributed by atoms with Crippen LogP contribution in [-0.4, -0.2) is 15.9 Å². The molecule has 0 aliphatic rings. The SMILES string of the molecule is CC(=O)OCc1c(-c2ccccn2)c(C(F)(F)F)nc2c(C(F)(F)F)cccc12. The van der Waals surface area contributed by atoms with Gasteiger partial charge in [0.25, 0.3) is 0 Å². The van der Waals surface area contributed by atoms with Gasteiger partial charge in [0.1, 0.15) is 6.61 Å². The lowest BCUT2D eigenvalue weighted by molar-refractivity contribution is -0.142. The maximum atomic E-state index is 13.8. The van der Waals surface area contributed by atoms with E-state index in [2.05, 4.69) is 9.97 Å². The summed E-state index contributed by atoms with van der Waals surface area (Å²) in [6.07, 6.45) is -8.77. The van der Waals surface area contributed by atoms with Crippen molar-refractivity contribution in [1.29, 1.82) is 0 Å². The molecule has 0 N–H and O–H groups in total. The molecule has 152 valence electrons. The first-order chi connectivity index (χ1) is 13.5. The zero-order valence-electron chi connectivity index (χ0n) is 14.7. The topological polar surface area (TPSA) is 52.1 Å². The van der Waals surface area contributed by atoms with Crippen molar-refractivity contribution in [2.75, 3.05) is 0 Å². The molecule has 2 heterocycles. The fourth-order valence-corrected chi connectivity index (χ4v) is 2.90. The highest BCUT2D eigenvalue weighted by Gasteiger charge is 2.40. The Bertz CT molecular complexity index is 1060. The molecular weight excluding hydrogens is 402 g/mol. The molecular formula is C19H12F6N2O2. The highest BCUT2D eigenvalue weighted by Crippen LogP contribution is 2.43. The summed E-state index contributed by atoms with van der Waals surface area (Å²) >= 11 is 0. The molecule has 29 heavy (non-hydrogen) atoms. The van der Waals surface area contributed by atoms with E-state index in [-0.39, 0.29) is 16.6 Å². The van der Waals surface area contributed by atoms with Gasteiger partial charge in [0.05, 0.1) is 16.8 Å². The van der Waals surface area contributed by atoms with Crippen molar-refractivity contribution >= 4 is 16.9 Å². The molecule has 0 bridgehead atoms. The van der Waals surface area contributed by atoms with Gasteiger partial charge in [-0.3, -0.25) is 9.78 Å². The molecule has 0 amide bonds. The van der Waals surface area contributed by atoms with Gasteiger partial charge in [0.15, 0.2) is 5.69 Å². The van der Waals surface area contributed by atoms with Crippen LogP contribution in [0.15, 0.2) is 42.6 Å². The Kier molecular flexibility index (Phi) is 5.20. The molecule has 0 atom stereocenters. The molecule has 0 fully saturated rings. The van der Waals surface area contributed by atoms with Gasteiger partial charge in [0.2, 0.25) is 0 Å². The minimum absolute atomic E-state index is 0.159. The molecule has 10 heteroatoms. The minimum atomic E-state index is -5.08. The second-order valence-corrected chi connectivity index (χ2v) is 6.01. The van der Waals surface area contributed by atoms with Crippen molar-refractivity contribution in [3.05, 3.63) is 59.4 Å². The van der Waals surface area contributed by atoms with Crippen LogP contribution in [0, 0.1) is 0 Å². The van der Waals surface area contributed by atoms with Crippen LogP contribution in [0.25, 0.3) is 22.2 Å². The molecule has 4 nitrogen and oxygen atoms in total. The Morgan fingerprint density at radius 1 is 1.00 bits per heavy atom. The maximum Gasteiger partial charge on any atom is 0.434 e. The number of nitrogens with zero attached hydrogens (tertiary/aromatic N) is 2. The van der Waals surface area contributed by atoms with Crippen molar-refractivity contribution in [3.8, 4) is 11.3 Å². The summed E-state index contributed by atoms with van der Waals surface area (Å²) in [6, 6.07) is 7.06. The number of carbonyl (C=O) groups is 1. The standard InChI is InChI=1S/C19H12F6N2O2/c1-10(28)29-9-12-11-5-4-6-13(18(20,21)22)16(11)27-17(19(23,24)25)15(12)14-7-2-3-8-26-14/h2-8H,9H2,1H3. The number of alkyl halides is 6. The predicted molar refractivity (Wildman–Crippen MR) is 90.4 cm³/mol. The second kappa shape index (κ2) is 7.34. The summed E-state index contributed by atoms with van der Waals surface area (Å²) in [7, 11) is 0. The number of para-hydroxylation sites is 1. The zero-order valence-corrected chi connectivity index (χ0v) is 14.7. The van der Waals surface area contributed by atoms with Crippen LogP contribution < -0.4 is 0 Å². The number of carbonyl (C=O) groups excluding carboxylic acids is 1. The maximum absolute atomic E-state index is 13.8. The van der Waals surface area contributed by atoms with Crippen molar-refractivity contribution in [1.82, 2.24) is 9.97 Å². The summed E-state index contributed by atoms with van der Waals surface area (Å²) in [5, 5.41) is -0.213. The number of fused-ring (bicyclic) bond motifs is 1. The van der Waals surface area contributed by atoms with Gasteiger partial charge in [0, 0.05) is 29.6 Å². The molecule has 0 aliphatic heterocycles. The van der Waals surface area contributed by atoms with Crippen molar-refractivity contribution in [2.45, 2.75) is 25.9 Å². The van der Waals surface area contributed by atoms with Crippen LogP contribution in [0.5, 0.6) is 0 Å². The van der Waals surface area contributed by atoms with Crippen LogP contribution in [0.3, 0.4) is 0 Å². The summed E-state index contributed by atoms with van der Waals surface area (Å²) in [6.45, 7) is 0.361. The van der Waals surface area contributed by atoms with E-state index in [1.165, 1.54) is 30.5 Å². The fraction of sp³-hybridized carbons (Fsp3) is 0.211. The number of esters is 1. The lowest BCUT2D eigenvalue weighted by Gasteiger charge is -2.20. The van der Waals surface area contributed by atoms with Crippen LogP contribution in [0.2, 0.25) is 0 Å². The first kappa shape index (κ1) is 20.6. The molecule has 0 radical (unpaired) electrons. The van der Waals surface area contributed by atoms with E-state index in [0.717, 1.165) is 13.0 Å². The van der Waals surface area contributed by atoms with Gasteiger partial charge < -0.3 is 4.74 Å². The second-order valence-electron chi connectivity index (χ2n) is 6.01. The summed E-state index contributed by atoms with van der Waals surface area (Å²) < 4.78 is 86.4. The van der Waals surface area contributed by atoms with Crippen molar-refractivity contribution in [3.63, 3.8) is 0 Å². The Labute approximate surface area is 160 Å². The normalized spacial score (nSPS) is 12.2. The highest BCUT2D eigenvalue weighted by molar-refractivity contribution is 5.92. The average molecular weight is 414 g/mol. The zero-order chi connectivity index (χ0) is 21.4. The number of pyridine rings is 2. The molecule has 3 aromatic rings. The largest absolute Gasteiger partial charge is 0.461 e. The quantitative estimate of drug-likeness (QED) is 0.426. The first-order valence-electron chi connectivity index (χ1n) is 8.15. The Morgan fingerprint density at radius 2 is 1.72 bits per heavy atom. The first-order valence-corrected chi connectivity index (χ1v) is 8.15.